The lowest BCUT2D eigenvalue weighted by Crippen LogP contribution is -1.91. The number of nitrogens with one attached hydrogen (secondary N) is 1. The number of nitrogens with zero attached hydrogens (tertiary/aromatic N) is 3. The summed E-state index contributed by atoms with van der Waals surface area (Å²) in [5.74, 6) is 0. The molecular weight excluding hydrogens is 348 g/mol. The van der Waals surface area contributed by atoms with Gasteiger partial charge in [-0.15, -0.1) is 23.1 Å². The number of hydrogen-bond donors (Lipinski definition) is 1. The van der Waals surface area contributed by atoms with E-state index in [1.165, 1.54) is 4.90 Å². The van der Waals surface area contributed by atoms with Crippen LogP contribution in [0.25, 0.3) is 16.9 Å². The Balaban J connectivity index is 1.52. The molecule has 1 N–H and O–H groups in total. The molecule has 2 aromatic heterocycles. The fourth-order valence-electron chi connectivity index (χ4n) is 2.50. The Morgan fingerprint density at radius 3 is 2.76 bits per heavy atom. The molecule has 2 aromatic carbocycles. The van der Waals surface area contributed by atoms with Crippen LogP contribution in [0, 0.1) is 0 Å². The van der Waals surface area contributed by atoms with E-state index in [1.54, 1.807) is 35.6 Å². The van der Waals surface area contributed by atoms with Crippen molar-refractivity contribution in [2.45, 2.75) is 4.90 Å². The molecule has 0 atom stereocenters. The summed E-state index contributed by atoms with van der Waals surface area (Å²) < 4.78 is 1.98. The molecule has 4 aromatic rings. The molecular formula is C19H16N4S2. The molecule has 4 nitrogen and oxygen atoms in total. The topological polar surface area (TPSA) is 42.7 Å². The molecule has 0 aliphatic carbocycles. The summed E-state index contributed by atoms with van der Waals surface area (Å²) in [4.78, 5) is 10.0. The summed E-state index contributed by atoms with van der Waals surface area (Å²) >= 11 is 3.34. The summed E-state index contributed by atoms with van der Waals surface area (Å²) in [5, 5.41) is 6.36. The van der Waals surface area contributed by atoms with E-state index in [4.69, 9.17) is 4.98 Å². The van der Waals surface area contributed by atoms with Gasteiger partial charge in [-0.2, -0.15) is 0 Å². The van der Waals surface area contributed by atoms with Crippen LogP contribution in [0.15, 0.2) is 77.5 Å². The lowest BCUT2D eigenvalue weighted by Gasteiger charge is -2.04. The summed E-state index contributed by atoms with van der Waals surface area (Å²) in [6.07, 6.45) is 7.58. The largest absolute Gasteiger partial charge is 0.332 e. The zero-order chi connectivity index (χ0) is 17.1. The zero-order valence-electron chi connectivity index (χ0n) is 13.6. The van der Waals surface area contributed by atoms with E-state index in [1.807, 2.05) is 10.8 Å². The summed E-state index contributed by atoms with van der Waals surface area (Å²) in [6, 6.07) is 16.7. The van der Waals surface area contributed by atoms with E-state index >= 15 is 0 Å². The molecule has 0 radical (unpaired) electrons. The van der Waals surface area contributed by atoms with Crippen LogP contribution in [0.4, 0.5) is 10.8 Å². The predicted octanol–water partition coefficient (Wildman–Crippen LogP) is 5.46. The maximum atomic E-state index is 4.71. The highest BCUT2D eigenvalue weighted by Crippen LogP contribution is 2.29. The van der Waals surface area contributed by atoms with Crippen LogP contribution < -0.4 is 5.32 Å². The summed E-state index contributed by atoms with van der Waals surface area (Å²) in [6.45, 7) is 0. The first kappa shape index (κ1) is 15.9. The van der Waals surface area contributed by atoms with Gasteiger partial charge in [0.05, 0.1) is 12.0 Å². The van der Waals surface area contributed by atoms with Crippen molar-refractivity contribution in [3.63, 3.8) is 0 Å². The Morgan fingerprint density at radius 1 is 1.12 bits per heavy atom. The first-order valence-electron chi connectivity index (χ1n) is 7.77. The standard InChI is InChI=1S/C19H16N4S2/c1-24-17-4-2-3-15(11-17)21-19-22-18(12-25-19)14-5-7-16(8-6-14)23-10-9-20-13-23/h2-13H,1H3,(H,21,22). The second kappa shape index (κ2) is 7.13. The minimum Gasteiger partial charge on any atom is -0.332 e. The molecule has 0 saturated heterocycles. The Labute approximate surface area is 154 Å². The van der Waals surface area contributed by atoms with Gasteiger partial charge in [0.15, 0.2) is 5.13 Å². The highest BCUT2D eigenvalue weighted by Gasteiger charge is 2.06. The van der Waals surface area contributed by atoms with E-state index in [0.29, 0.717) is 0 Å². The summed E-state index contributed by atoms with van der Waals surface area (Å²) in [7, 11) is 0. The van der Waals surface area contributed by atoms with E-state index in [-0.39, 0.29) is 0 Å². The van der Waals surface area contributed by atoms with Gasteiger partial charge in [-0.25, -0.2) is 9.97 Å². The van der Waals surface area contributed by atoms with E-state index < -0.39 is 0 Å². The highest BCUT2D eigenvalue weighted by molar-refractivity contribution is 7.98. The van der Waals surface area contributed by atoms with Crippen molar-refractivity contribution in [3.05, 3.63) is 72.6 Å². The Bertz CT molecular complexity index is 959. The third kappa shape index (κ3) is 3.60. The van der Waals surface area contributed by atoms with Crippen LogP contribution in [0.3, 0.4) is 0 Å². The molecule has 124 valence electrons. The number of benzene rings is 2. The fraction of sp³-hybridized carbons (Fsp3) is 0.0526. The average molecular weight is 364 g/mol. The van der Waals surface area contributed by atoms with Crippen LogP contribution in [-0.2, 0) is 0 Å². The SMILES string of the molecule is CSc1cccc(Nc2nc(-c3ccc(-n4ccnc4)cc3)cs2)c1. The number of hydrogen-bond acceptors (Lipinski definition) is 5. The van der Waals surface area contributed by atoms with Crippen molar-refractivity contribution < 1.29 is 0 Å². The van der Waals surface area contributed by atoms with E-state index in [0.717, 1.165) is 27.8 Å². The normalized spacial score (nSPS) is 10.8. The molecule has 25 heavy (non-hydrogen) atoms. The third-order valence-corrected chi connectivity index (χ3v) is 5.27. The van der Waals surface area contributed by atoms with Crippen LogP contribution >= 0.6 is 23.1 Å². The molecule has 0 aliphatic heterocycles. The van der Waals surface area contributed by atoms with Crippen molar-refractivity contribution >= 4 is 33.9 Å². The predicted molar refractivity (Wildman–Crippen MR) is 106 cm³/mol. The van der Waals surface area contributed by atoms with Gasteiger partial charge in [-0.1, -0.05) is 18.2 Å². The molecule has 4 rings (SSSR count). The smallest absolute Gasteiger partial charge is 0.187 e. The minimum atomic E-state index is 0.895. The number of imidazole rings is 1. The molecule has 0 amide bonds. The fourth-order valence-corrected chi connectivity index (χ4v) is 3.70. The van der Waals surface area contributed by atoms with Gasteiger partial charge in [0.2, 0.25) is 0 Å². The second-order valence-corrected chi connectivity index (χ2v) is 7.15. The molecule has 0 unspecified atom stereocenters. The Kier molecular flexibility index (Phi) is 4.54. The van der Waals surface area contributed by atoms with E-state index in [2.05, 4.69) is 70.5 Å². The van der Waals surface area contributed by atoms with Gasteiger partial charge in [0, 0.05) is 39.6 Å². The van der Waals surface area contributed by atoms with Gasteiger partial charge < -0.3 is 9.88 Å². The molecule has 6 heteroatoms. The monoisotopic (exact) mass is 364 g/mol. The first-order chi connectivity index (χ1) is 12.3. The second-order valence-electron chi connectivity index (χ2n) is 5.41. The van der Waals surface area contributed by atoms with Gasteiger partial charge in [-0.3, -0.25) is 0 Å². The Hall–Kier alpha value is -2.57. The number of thioether (sulfide) groups is 1. The lowest BCUT2D eigenvalue weighted by atomic mass is 10.1. The number of aromatic nitrogens is 3. The van der Waals surface area contributed by atoms with Crippen molar-refractivity contribution in [1.29, 1.82) is 0 Å². The quantitative estimate of drug-likeness (QED) is 0.477. The van der Waals surface area contributed by atoms with Crippen molar-refractivity contribution in [2.75, 3.05) is 11.6 Å². The van der Waals surface area contributed by atoms with Crippen molar-refractivity contribution in [3.8, 4) is 16.9 Å². The van der Waals surface area contributed by atoms with Gasteiger partial charge in [-0.05, 0) is 36.6 Å². The summed E-state index contributed by atoms with van der Waals surface area (Å²) in [5.41, 5.74) is 4.23. The zero-order valence-corrected chi connectivity index (χ0v) is 15.2. The third-order valence-electron chi connectivity index (χ3n) is 3.79. The van der Waals surface area contributed by atoms with Gasteiger partial charge in [0.25, 0.3) is 0 Å². The van der Waals surface area contributed by atoms with Crippen LogP contribution in [0.5, 0.6) is 0 Å². The van der Waals surface area contributed by atoms with E-state index in [9.17, 15) is 0 Å². The lowest BCUT2D eigenvalue weighted by molar-refractivity contribution is 1.06. The number of anilines is 2. The van der Waals surface area contributed by atoms with Crippen LogP contribution in [0.1, 0.15) is 0 Å². The van der Waals surface area contributed by atoms with Crippen molar-refractivity contribution in [2.24, 2.45) is 0 Å². The molecule has 0 bridgehead atoms. The molecule has 0 spiro atoms. The molecule has 0 saturated carbocycles. The van der Waals surface area contributed by atoms with Crippen LogP contribution in [-0.4, -0.2) is 20.8 Å². The Morgan fingerprint density at radius 2 is 2.00 bits per heavy atom. The average Bonchev–Trinajstić information content (AvgIpc) is 3.34. The molecule has 0 aliphatic rings. The first-order valence-corrected chi connectivity index (χ1v) is 9.87. The molecule has 0 fully saturated rings. The van der Waals surface area contributed by atoms with Crippen molar-refractivity contribution in [1.82, 2.24) is 14.5 Å². The number of rotatable bonds is 5. The van der Waals surface area contributed by atoms with Gasteiger partial charge in [0.1, 0.15) is 0 Å². The maximum absolute atomic E-state index is 4.71. The van der Waals surface area contributed by atoms with Crippen LogP contribution in [0.2, 0.25) is 0 Å². The van der Waals surface area contributed by atoms with Gasteiger partial charge >= 0.3 is 0 Å². The molecule has 2 heterocycles. The maximum Gasteiger partial charge on any atom is 0.187 e. The minimum absolute atomic E-state index is 0.895. The number of thiazole rings is 1. The highest BCUT2D eigenvalue weighted by atomic mass is 32.2.